The Bertz CT molecular complexity index is 563. The predicted molar refractivity (Wildman–Crippen MR) is 75.3 cm³/mol. The molecule has 0 unspecified atom stereocenters. The number of pyridine rings is 1. The molecule has 6 nitrogen and oxygen atoms in total. The fourth-order valence-electron chi connectivity index (χ4n) is 1.43. The van der Waals surface area contributed by atoms with Gasteiger partial charge in [0, 0.05) is 6.08 Å². The Hall–Kier alpha value is -1.89. The molecule has 0 atom stereocenters. The molecule has 1 aromatic rings. The first-order chi connectivity index (χ1) is 9.43. The minimum atomic E-state index is -3.05. The average molecular weight is 299 g/mol. The van der Waals surface area contributed by atoms with Crippen molar-refractivity contribution >= 4 is 21.9 Å². The van der Waals surface area contributed by atoms with Gasteiger partial charge in [-0.3, -0.25) is 4.98 Å². The molecule has 1 N–H and O–H groups in total. The van der Waals surface area contributed by atoms with Gasteiger partial charge in [0.1, 0.15) is 12.4 Å². The zero-order chi connectivity index (χ0) is 15.0. The van der Waals surface area contributed by atoms with E-state index in [4.69, 9.17) is 9.84 Å². The number of carbonyl (C=O) groups is 1. The minimum absolute atomic E-state index is 0.0263. The molecule has 20 heavy (non-hydrogen) atoms. The number of ether oxygens (including phenoxy) is 1. The molecule has 0 amide bonds. The van der Waals surface area contributed by atoms with Crippen LogP contribution in [0.1, 0.15) is 19.0 Å². The van der Waals surface area contributed by atoms with Crippen molar-refractivity contribution in [3.63, 3.8) is 0 Å². The number of aliphatic carboxylic acids is 1. The van der Waals surface area contributed by atoms with Crippen LogP contribution in [-0.4, -0.2) is 42.6 Å². The maximum atomic E-state index is 11.5. The molecule has 0 saturated carbocycles. The zero-order valence-electron chi connectivity index (χ0n) is 11.2. The van der Waals surface area contributed by atoms with E-state index in [2.05, 4.69) is 4.98 Å². The first-order valence-electron chi connectivity index (χ1n) is 6.13. The van der Waals surface area contributed by atoms with Crippen LogP contribution in [0.3, 0.4) is 0 Å². The van der Waals surface area contributed by atoms with Gasteiger partial charge in [0.2, 0.25) is 0 Å². The highest BCUT2D eigenvalue weighted by Crippen LogP contribution is 2.10. The molecular formula is C13H17NO5S. The van der Waals surface area contributed by atoms with Crippen LogP contribution in [0.4, 0.5) is 0 Å². The van der Waals surface area contributed by atoms with Crippen molar-refractivity contribution in [2.45, 2.75) is 13.3 Å². The van der Waals surface area contributed by atoms with Crippen LogP contribution >= 0.6 is 0 Å². The Morgan fingerprint density at radius 2 is 2.15 bits per heavy atom. The summed E-state index contributed by atoms with van der Waals surface area (Å²) in [6.07, 6.45) is 4.36. The Morgan fingerprint density at radius 1 is 1.40 bits per heavy atom. The number of nitrogens with zero attached hydrogens (tertiary/aromatic N) is 1. The normalized spacial score (nSPS) is 11.7. The molecule has 110 valence electrons. The Labute approximate surface area is 118 Å². The van der Waals surface area contributed by atoms with E-state index in [1.54, 1.807) is 12.1 Å². The molecule has 0 aliphatic heterocycles. The lowest BCUT2D eigenvalue weighted by Gasteiger charge is -2.06. The maximum Gasteiger partial charge on any atom is 0.328 e. The van der Waals surface area contributed by atoms with Gasteiger partial charge in [-0.2, -0.15) is 0 Å². The van der Waals surface area contributed by atoms with Crippen molar-refractivity contribution < 1.29 is 23.1 Å². The van der Waals surface area contributed by atoms with E-state index in [1.807, 2.05) is 6.92 Å². The van der Waals surface area contributed by atoms with Crippen molar-refractivity contribution in [1.82, 2.24) is 4.98 Å². The van der Waals surface area contributed by atoms with Gasteiger partial charge in [0.25, 0.3) is 0 Å². The van der Waals surface area contributed by atoms with Crippen LogP contribution in [0.5, 0.6) is 5.75 Å². The summed E-state index contributed by atoms with van der Waals surface area (Å²) in [5.74, 6) is -0.466. The van der Waals surface area contributed by atoms with Gasteiger partial charge in [0.05, 0.1) is 23.4 Å². The minimum Gasteiger partial charge on any atom is -0.491 e. The molecule has 0 fully saturated rings. The summed E-state index contributed by atoms with van der Waals surface area (Å²) < 4.78 is 28.2. The smallest absolute Gasteiger partial charge is 0.328 e. The summed E-state index contributed by atoms with van der Waals surface area (Å²) in [6.45, 7) is 1.89. The summed E-state index contributed by atoms with van der Waals surface area (Å²) in [5, 5.41) is 8.47. The second-order valence-electron chi connectivity index (χ2n) is 4.09. The van der Waals surface area contributed by atoms with Gasteiger partial charge >= 0.3 is 5.97 Å². The highest BCUT2D eigenvalue weighted by atomic mass is 32.2. The quantitative estimate of drug-likeness (QED) is 0.729. The third-order valence-corrected chi connectivity index (χ3v) is 4.15. The van der Waals surface area contributed by atoms with Gasteiger partial charge in [-0.15, -0.1) is 0 Å². The second-order valence-corrected chi connectivity index (χ2v) is 6.39. The summed E-state index contributed by atoms with van der Waals surface area (Å²) in [7, 11) is -3.05. The molecule has 0 bridgehead atoms. The third kappa shape index (κ3) is 6.33. The van der Waals surface area contributed by atoms with Crippen LogP contribution in [0.2, 0.25) is 0 Å². The standard InChI is InChI=1S/C13H17NO5S/c1-2-8-20(17,18)9-7-19-12-5-3-11(14-10-12)4-6-13(15)16/h3-6,10H,2,7-9H2,1H3,(H,15,16)/b6-4+. The maximum absolute atomic E-state index is 11.5. The number of hydrogen-bond acceptors (Lipinski definition) is 5. The Kier molecular flexibility index (Phi) is 6.17. The number of rotatable bonds is 8. The van der Waals surface area contributed by atoms with Crippen LogP contribution in [0.25, 0.3) is 6.08 Å². The number of carboxylic acids is 1. The van der Waals surface area contributed by atoms with Gasteiger partial charge in [0.15, 0.2) is 9.84 Å². The monoisotopic (exact) mass is 299 g/mol. The molecule has 1 heterocycles. The highest BCUT2D eigenvalue weighted by Gasteiger charge is 2.09. The van der Waals surface area contributed by atoms with E-state index in [9.17, 15) is 13.2 Å². The van der Waals surface area contributed by atoms with Crippen LogP contribution in [-0.2, 0) is 14.6 Å². The molecule has 0 aromatic carbocycles. The lowest BCUT2D eigenvalue weighted by atomic mass is 10.3. The lowest BCUT2D eigenvalue weighted by Crippen LogP contribution is -2.16. The molecule has 7 heteroatoms. The highest BCUT2D eigenvalue weighted by molar-refractivity contribution is 7.91. The van der Waals surface area contributed by atoms with E-state index >= 15 is 0 Å². The third-order valence-electron chi connectivity index (χ3n) is 2.33. The average Bonchev–Trinajstić information content (AvgIpc) is 2.37. The number of hydrogen-bond donors (Lipinski definition) is 1. The Morgan fingerprint density at radius 3 is 2.70 bits per heavy atom. The van der Waals surface area contributed by atoms with Gasteiger partial charge in [-0.25, -0.2) is 13.2 Å². The fraction of sp³-hybridized carbons (Fsp3) is 0.385. The summed E-state index contributed by atoms with van der Waals surface area (Å²) in [4.78, 5) is 14.3. The van der Waals surface area contributed by atoms with E-state index < -0.39 is 15.8 Å². The molecule has 1 rings (SSSR count). The summed E-state index contributed by atoms with van der Waals surface area (Å²) in [6, 6.07) is 3.20. The molecule has 0 aliphatic carbocycles. The van der Waals surface area contributed by atoms with E-state index in [0.717, 1.165) is 6.08 Å². The zero-order valence-corrected chi connectivity index (χ0v) is 12.0. The largest absolute Gasteiger partial charge is 0.491 e. The molecular weight excluding hydrogens is 282 g/mol. The number of aromatic nitrogens is 1. The fourth-order valence-corrected chi connectivity index (χ4v) is 2.60. The van der Waals surface area contributed by atoms with E-state index in [0.29, 0.717) is 17.9 Å². The van der Waals surface area contributed by atoms with Crippen molar-refractivity contribution in [2.75, 3.05) is 18.1 Å². The predicted octanol–water partition coefficient (Wildman–Crippen LogP) is 1.38. The van der Waals surface area contributed by atoms with E-state index in [-0.39, 0.29) is 18.1 Å². The van der Waals surface area contributed by atoms with Crippen LogP contribution in [0, 0.1) is 0 Å². The molecule has 0 saturated heterocycles. The lowest BCUT2D eigenvalue weighted by molar-refractivity contribution is -0.131. The number of carboxylic acid groups (broad SMARTS) is 1. The van der Waals surface area contributed by atoms with Crippen molar-refractivity contribution in [3.8, 4) is 5.75 Å². The van der Waals surface area contributed by atoms with Crippen LogP contribution in [0.15, 0.2) is 24.4 Å². The second kappa shape index (κ2) is 7.64. The molecule has 0 aliphatic rings. The van der Waals surface area contributed by atoms with Crippen molar-refractivity contribution in [1.29, 1.82) is 0 Å². The Balaban J connectivity index is 2.48. The van der Waals surface area contributed by atoms with Crippen molar-refractivity contribution in [2.24, 2.45) is 0 Å². The topological polar surface area (TPSA) is 93.6 Å². The number of sulfone groups is 1. The van der Waals surface area contributed by atoms with Crippen molar-refractivity contribution in [3.05, 3.63) is 30.1 Å². The molecule has 1 aromatic heterocycles. The van der Waals surface area contributed by atoms with Gasteiger partial charge in [-0.05, 0) is 24.6 Å². The molecule has 0 radical (unpaired) electrons. The molecule has 0 spiro atoms. The van der Waals surface area contributed by atoms with Crippen LogP contribution < -0.4 is 4.74 Å². The summed E-state index contributed by atoms with van der Waals surface area (Å²) >= 11 is 0. The van der Waals surface area contributed by atoms with Gasteiger partial charge in [-0.1, -0.05) is 6.92 Å². The first kappa shape index (κ1) is 16.2. The first-order valence-corrected chi connectivity index (χ1v) is 7.95. The van der Waals surface area contributed by atoms with E-state index in [1.165, 1.54) is 12.3 Å². The SMILES string of the molecule is CCCS(=O)(=O)CCOc1ccc(/C=C/C(=O)O)nc1. The summed E-state index contributed by atoms with van der Waals surface area (Å²) in [5.41, 5.74) is 0.485. The van der Waals surface area contributed by atoms with Gasteiger partial charge < -0.3 is 9.84 Å².